The summed E-state index contributed by atoms with van der Waals surface area (Å²) < 4.78 is 5.02. The Morgan fingerprint density at radius 1 is 1.28 bits per heavy atom. The monoisotopic (exact) mass is 250 g/mol. The van der Waals surface area contributed by atoms with E-state index in [4.69, 9.17) is 4.42 Å². The fourth-order valence-corrected chi connectivity index (χ4v) is 1.93. The number of phenolic OH excluding ortho intramolecular Hbond substituents is 2. The van der Waals surface area contributed by atoms with Crippen LogP contribution in [0.4, 0.5) is 0 Å². The van der Waals surface area contributed by atoms with Crippen molar-refractivity contribution >= 4 is 11.0 Å². The maximum Gasteiger partial charge on any atom is 0.343 e. The van der Waals surface area contributed by atoms with E-state index in [1.807, 2.05) is 6.92 Å². The second-order valence-corrected chi connectivity index (χ2v) is 4.30. The van der Waals surface area contributed by atoms with E-state index in [2.05, 4.69) is 0 Å². The molecule has 0 fully saturated rings. The maximum atomic E-state index is 11.8. The number of benzene rings is 1. The Kier molecular flexibility index (Phi) is 2.90. The Morgan fingerprint density at radius 2 is 1.94 bits per heavy atom. The lowest BCUT2D eigenvalue weighted by Crippen LogP contribution is -2.10. The molecule has 0 aliphatic carbocycles. The minimum Gasteiger partial charge on any atom is -0.508 e. The van der Waals surface area contributed by atoms with Gasteiger partial charge in [0.2, 0.25) is 0 Å². The van der Waals surface area contributed by atoms with Crippen LogP contribution < -0.4 is 5.63 Å². The Morgan fingerprint density at radius 3 is 2.56 bits per heavy atom. The van der Waals surface area contributed by atoms with E-state index in [-0.39, 0.29) is 39.7 Å². The molecule has 2 aromatic rings. The van der Waals surface area contributed by atoms with Crippen molar-refractivity contribution in [3.05, 3.63) is 28.1 Å². The number of aromatic hydroxyl groups is 3. The molecule has 96 valence electrons. The van der Waals surface area contributed by atoms with Crippen LogP contribution in [0.15, 0.2) is 21.3 Å². The van der Waals surface area contributed by atoms with Crippen LogP contribution in [0, 0.1) is 0 Å². The molecule has 2 rings (SSSR count). The van der Waals surface area contributed by atoms with Crippen LogP contribution in [0.3, 0.4) is 0 Å². The minimum absolute atomic E-state index is 0.0398. The predicted octanol–water partition coefficient (Wildman–Crippen LogP) is 2.42. The molecular formula is C13H14O5. The second kappa shape index (κ2) is 4.25. The molecule has 1 heterocycles. The summed E-state index contributed by atoms with van der Waals surface area (Å²) in [6.45, 7) is 3.67. The maximum absolute atomic E-state index is 11.8. The van der Waals surface area contributed by atoms with Gasteiger partial charge in [-0.3, -0.25) is 0 Å². The van der Waals surface area contributed by atoms with E-state index >= 15 is 0 Å². The summed E-state index contributed by atoms with van der Waals surface area (Å²) in [4.78, 5) is 11.8. The summed E-state index contributed by atoms with van der Waals surface area (Å²) in [6.07, 6.45) is 0.655. The van der Waals surface area contributed by atoms with Gasteiger partial charge in [0.1, 0.15) is 28.2 Å². The Bertz CT molecular complexity index is 656. The highest BCUT2D eigenvalue weighted by atomic mass is 16.4. The van der Waals surface area contributed by atoms with Crippen LogP contribution in [0.25, 0.3) is 11.0 Å². The number of rotatable bonds is 2. The zero-order valence-electron chi connectivity index (χ0n) is 10.1. The van der Waals surface area contributed by atoms with Crippen molar-refractivity contribution in [2.75, 3.05) is 0 Å². The molecule has 1 atom stereocenters. The van der Waals surface area contributed by atoms with E-state index < -0.39 is 5.63 Å². The van der Waals surface area contributed by atoms with Gasteiger partial charge in [0, 0.05) is 12.1 Å². The molecule has 0 aliphatic heterocycles. The van der Waals surface area contributed by atoms with Crippen LogP contribution in [0.2, 0.25) is 0 Å². The highest BCUT2D eigenvalue weighted by molar-refractivity contribution is 5.91. The molecule has 0 saturated heterocycles. The first-order valence-corrected chi connectivity index (χ1v) is 5.67. The average Bonchev–Trinajstić information content (AvgIpc) is 2.26. The van der Waals surface area contributed by atoms with E-state index in [0.717, 1.165) is 6.07 Å². The summed E-state index contributed by atoms with van der Waals surface area (Å²) in [5.74, 6) is -1.03. The molecule has 0 amide bonds. The summed E-state index contributed by atoms with van der Waals surface area (Å²) in [7, 11) is 0. The minimum atomic E-state index is -0.653. The smallest absolute Gasteiger partial charge is 0.343 e. The number of hydrogen-bond acceptors (Lipinski definition) is 5. The Balaban J connectivity index is 2.89. The summed E-state index contributed by atoms with van der Waals surface area (Å²) in [6, 6.07) is 2.26. The molecule has 1 aromatic heterocycles. The molecule has 0 bridgehead atoms. The largest absolute Gasteiger partial charge is 0.508 e. The van der Waals surface area contributed by atoms with Gasteiger partial charge in [-0.25, -0.2) is 4.79 Å². The van der Waals surface area contributed by atoms with Crippen molar-refractivity contribution in [3.8, 4) is 17.2 Å². The van der Waals surface area contributed by atoms with Crippen LogP contribution in [0.5, 0.6) is 17.2 Å². The molecule has 1 unspecified atom stereocenters. The lowest BCUT2D eigenvalue weighted by Gasteiger charge is -2.12. The number of fused-ring (bicyclic) bond motifs is 1. The quantitative estimate of drug-likeness (QED) is 0.712. The van der Waals surface area contributed by atoms with Crippen LogP contribution in [-0.4, -0.2) is 15.3 Å². The SMILES string of the molecule is CCC(C)c1c(O)c2c(O)cc(O)cc2oc1=O. The van der Waals surface area contributed by atoms with Gasteiger partial charge >= 0.3 is 5.63 Å². The van der Waals surface area contributed by atoms with Gasteiger partial charge in [0.05, 0.1) is 5.56 Å². The highest BCUT2D eigenvalue weighted by Crippen LogP contribution is 2.38. The predicted molar refractivity (Wildman–Crippen MR) is 66.2 cm³/mol. The molecule has 1 aromatic carbocycles. The van der Waals surface area contributed by atoms with Gasteiger partial charge in [0.15, 0.2) is 0 Å². The van der Waals surface area contributed by atoms with Gasteiger partial charge in [-0.1, -0.05) is 13.8 Å². The zero-order chi connectivity index (χ0) is 13.4. The second-order valence-electron chi connectivity index (χ2n) is 4.30. The topological polar surface area (TPSA) is 90.9 Å². The highest BCUT2D eigenvalue weighted by Gasteiger charge is 2.21. The number of phenols is 2. The van der Waals surface area contributed by atoms with Crippen LogP contribution in [-0.2, 0) is 0 Å². The Labute approximate surface area is 103 Å². The van der Waals surface area contributed by atoms with Gasteiger partial charge in [-0.05, 0) is 12.3 Å². The fraction of sp³-hybridized carbons (Fsp3) is 0.308. The molecule has 18 heavy (non-hydrogen) atoms. The fourth-order valence-electron chi connectivity index (χ4n) is 1.93. The third kappa shape index (κ3) is 1.77. The van der Waals surface area contributed by atoms with Gasteiger partial charge in [0.25, 0.3) is 0 Å². The number of hydrogen-bond donors (Lipinski definition) is 3. The third-order valence-corrected chi connectivity index (χ3v) is 3.09. The molecule has 5 heteroatoms. The van der Waals surface area contributed by atoms with E-state index in [1.165, 1.54) is 6.07 Å². The molecular weight excluding hydrogens is 236 g/mol. The third-order valence-electron chi connectivity index (χ3n) is 3.09. The van der Waals surface area contributed by atoms with Crippen molar-refractivity contribution in [2.45, 2.75) is 26.2 Å². The van der Waals surface area contributed by atoms with Crippen molar-refractivity contribution in [1.29, 1.82) is 0 Å². The van der Waals surface area contributed by atoms with E-state index in [0.29, 0.717) is 6.42 Å². The first-order valence-electron chi connectivity index (χ1n) is 5.67. The van der Waals surface area contributed by atoms with Gasteiger partial charge in [-0.2, -0.15) is 0 Å². The van der Waals surface area contributed by atoms with Crippen LogP contribution in [0.1, 0.15) is 31.7 Å². The van der Waals surface area contributed by atoms with Crippen molar-refractivity contribution in [1.82, 2.24) is 0 Å². The zero-order valence-corrected chi connectivity index (χ0v) is 10.1. The van der Waals surface area contributed by atoms with E-state index in [1.54, 1.807) is 6.92 Å². The van der Waals surface area contributed by atoms with E-state index in [9.17, 15) is 20.1 Å². The molecule has 0 aliphatic rings. The summed E-state index contributed by atoms with van der Waals surface area (Å²) >= 11 is 0. The molecule has 3 N–H and O–H groups in total. The first-order chi connectivity index (χ1) is 8.45. The average molecular weight is 250 g/mol. The first kappa shape index (κ1) is 12.3. The molecule has 0 saturated carbocycles. The standard InChI is InChI=1S/C13H14O5/c1-3-6(2)10-12(16)11-8(15)4-7(14)5-9(11)18-13(10)17/h4-6,14-16H,3H2,1-2H3. The van der Waals surface area contributed by atoms with Gasteiger partial charge < -0.3 is 19.7 Å². The van der Waals surface area contributed by atoms with Gasteiger partial charge in [-0.15, -0.1) is 0 Å². The normalized spacial score (nSPS) is 12.8. The van der Waals surface area contributed by atoms with Crippen molar-refractivity contribution < 1.29 is 19.7 Å². The van der Waals surface area contributed by atoms with Crippen molar-refractivity contribution in [3.63, 3.8) is 0 Å². The molecule has 5 nitrogen and oxygen atoms in total. The van der Waals surface area contributed by atoms with Crippen LogP contribution >= 0.6 is 0 Å². The summed E-state index contributed by atoms with van der Waals surface area (Å²) in [5, 5.41) is 29.2. The lowest BCUT2D eigenvalue weighted by atomic mass is 9.98. The molecule has 0 radical (unpaired) electrons. The lowest BCUT2D eigenvalue weighted by molar-refractivity contribution is 0.430. The molecule has 0 spiro atoms. The van der Waals surface area contributed by atoms with Crippen molar-refractivity contribution in [2.24, 2.45) is 0 Å². The summed E-state index contributed by atoms with van der Waals surface area (Å²) in [5.41, 5.74) is -0.549. The Hall–Kier alpha value is -2.17.